The van der Waals surface area contributed by atoms with E-state index in [0.717, 1.165) is 31.3 Å². The van der Waals surface area contributed by atoms with Crippen LogP contribution in [0.4, 0.5) is 0 Å². The average molecular weight is 386 g/mol. The lowest BCUT2D eigenvalue weighted by Gasteiger charge is -2.63. The number of fused-ring (bicyclic) bond motifs is 5. The van der Waals surface area contributed by atoms with Crippen LogP contribution < -0.4 is 0 Å². The predicted octanol–water partition coefficient (Wildman–Crippen LogP) is 2.70. The van der Waals surface area contributed by atoms with Crippen LogP contribution in [0.5, 0.6) is 0 Å². The monoisotopic (exact) mass is 386 g/mol. The van der Waals surface area contributed by atoms with E-state index in [0.29, 0.717) is 19.3 Å². The zero-order chi connectivity index (χ0) is 19.9. The van der Waals surface area contributed by atoms with Gasteiger partial charge in [-0.15, -0.1) is 0 Å². The number of carbonyl (C=O) groups is 2. The molecule has 0 spiro atoms. The van der Waals surface area contributed by atoms with Crippen molar-refractivity contribution in [3.63, 3.8) is 0 Å². The van der Waals surface area contributed by atoms with Crippen molar-refractivity contribution in [2.75, 3.05) is 6.61 Å². The smallest absolute Gasteiger partial charge is 0.331 e. The summed E-state index contributed by atoms with van der Waals surface area (Å²) >= 11 is 0. The van der Waals surface area contributed by atoms with Crippen molar-refractivity contribution in [3.8, 4) is 0 Å². The normalized spacial score (nSPS) is 50.3. The molecule has 0 radical (unpaired) electrons. The van der Waals surface area contributed by atoms with Gasteiger partial charge in [0, 0.05) is 17.9 Å². The van der Waals surface area contributed by atoms with Crippen molar-refractivity contribution >= 4 is 11.8 Å². The molecule has 0 bridgehead atoms. The van der Waals surface area contributed by atoms with Crippen molar-refractivity contribution in [3.05, 3.63) is 23.3 Å². The minimum atomic E-state index is -0.956. The third kappa shape index (κ3) is 2.15. The molecule has 4 aliphatic carbocycles. The van der Waals surface area contributed by atoms with Gasteiger partial charge in [0.2, 0.25) is 0 Å². The molecule has 5 aliphatic rings. The van der Waals surface area contributed by atoms with Gasteiger partial charge in [0.15, 0.2) is 5.78 Å². The predicted molar refractivity (Wildman–Crippen MR) is 102 cm³/mol. The molecule has 0 unspecified atom stereocenters. The van der Waals surface area contributed by atoms with Crippen molar-refractivity contribution < 1.29 is 24.5 Å². The summed E-state index contributed by atoms with van der Waals surface area (Å²) in [6, 6.07) is 0. The highest BCUT2D eigenvalue weighted by Crippen LogP contribution is 2.69. The van der Waals surface area contributed by atoms with Crippen molar-refractivity contribution in [2.45, 2.75) is 70.5 Å². The lowest BCUT2D eigenvalue weighted by molar-refractivity contribution is -0.225. The van der Waals surface area contributed by atoms with Crippen LogP contribution in [0.25, 0.3) is 0 Å². The minimum absolute atomic E-state index is 0.0300. The molecule has 0 aromatic rings. The van der Waals surface area contributed by atoms with E-state index in [-0.39, 0.29) is 41.5 Å². The van der Waals surface area contributed by atoms with Crippen LogP contribution in [-0.2, 0) is 14.3 Å². The average Bonchev–Trinajstić information content (AvgIpc) is 3.19. The van der Waals surface area contributed by atoms with E-state index in [1.165, 1.54) is 5.57 Å². The molecule has 2 N–H and O–H groups in total. The Morgan fingerprint density at radius 2 is 1.86 bits per heavy atom. The SMILES string of the molecule is C[C@]12[C@H](O)C[C@H]3[C@@H](CCC4=CC(=O)CC[C@@]43C)[C@@]1(O)CC[C@@H]2C1=CC(=O)OC1. The van der Waals surface area contributed by atoms with Gasteiger partial charge in [0.25, 0.3) is 0 Å². The maximum Gasteiger partial charge on any atom is 0.331 e. The first kappa shape index (κ1) is 18.6. The van der Waals surface area contributed by atoms with Gasteiger partial charge in [0.1, 0.15) is 6.61 Å². The van der Waals surface area contributed by atoms with Crippen molar-refractivity contribution in [1.29, 1.82) is 0 Å². The van der Waals surface area contributed by atoms with Crippen LogP contribution in [0.15, 0.2) is 23.3 Å². The number of ketones is 1. The minimum Gasteiger partial charge on any atom is -0.458 e. The molecule has 28 heavy (non-hydrogen) atoms. The Morgan fingerprint density at radius 3 is 2.57 bits per heavy atom. The number of ether oxygens (including phenoxy) is 1. The van der Waals surface area contributed by atoms with Gasteiger partial charge in [0.05, 0.1) is 11.7 Å². The van der Waals surface area contributed by atoms with Crippen molar-refractivity contribution in [1.82, 2.24) is 0 Å². The fraction of sp³-hybridized carbons (Fsp3) is 0.739. The standard InChI is InChI=1S/C23H30O5/c1-21-7-5-15(24)10-14(21)3-4-17-18(21)11-19(25)22(2)16(6-8-23(17,22)27)13-9-20(26)28-12-13/h9-10,16-19,25,27H,3-8,11-12H2,1-2H3/t16-,17-,18+,19-,21+,22+,23+/m1/s1. The highest BCUT2D eigenvalue weighted by molar-refractivity contribution is 5.91. The molecular formula is C23H30O5. The zero-order valence-corrected chi connectivity index (χ0v) is 16.7. The van der Waals surface area contributed by atoms with E-state index in [1.54, 1.807) is 6.08 Å². The van der Waals surface area contributed by atoms with Crippen LogP contribution in [0, 0.1) is 28.6 Å². The van der Waals surface area contributed by atoms with Gasteiger partial charge >= 0.3 is 5.97 Å². The first-order valence-corrected chi connectivity index (χ1v) is 10.7. The maximum absolute atomic E-state index is 12.1. The first-order valence-electron chi connectivity index (χ1n) is 10.7. The van der Waals surface area contributed by atoms with Crippen LogP contribution in [-0.4, -0.2) is 40.3 Å². The Morgan fingerprint density at radius 1 is 1.07 bits per heavy atom. The molecule has 0 saturated heterocycles. The summed E-state index contributed by atoms with van der Waals surface area (Å²) in [5.74, 6) is 0.161. The second kappa shape index (κ2) is 5.79. The highest BCUT2D eigenvalue weighted by Gasteiger charge is 2.70. The quantitative estimate of drug-likeness (QED) is 0.677. The molecule has 152 valence electrons. The summed E-state index contributed by atoms with van der Waals surface area (Å²) in [4.78, 5) is 23.6. The third-order valence-electron chi connectivity index (χ3n) is 9.37. The Labute approximate surface area is 165 Å². The van der Waals surface area contributed by atoms with Gasteiger partial charge in [-0.25, -0.2) is 4.79 Å². The summed E-state index contributed by atoms with van der Waals surface area (Å²) in [6.45, 7) is 4.54. The largest absolute Gasteiger partial charge is 0.458 e. The fourth-order valence-corrected chi connectivity index (χ4v) is 7.70. The number of allylic oxidation sites excluding steroid dienone is 1. The molecule has 3 saturated carbocycles. The second-order valence-electron chi connectivity index (χ2n) is 10.2. The van der Waals surface area contributed by atoms with E-state index in [2.05, 4.69) is 6.92 Å². The fourth-order valence-electron chi connectivity index (χ4n) is 7.70. The number of hydrogen-bond donors (Lipinski definition) is 2. The highest BCUT2D eigenvalue weighted by atomic mass is 16.5. The Hall–Kier alpha value is -1.46. The van der Waals surface area contributed by atoms with Gasteiger partial charge in [-0.2, -0.15) is 0 Å². The number of esters is 1. The number of hydrogen-bond acceptors (Lipinski definition) is 5. The van der Waals surface area contributed by atoms with E-state index in [4.69, 9.17) is 4.74 Å². The molecule has 0 aromatic carbocycles. The number of rotatable bonds is 1. The van der Waals surface area contributed by atoms with Crippen LogP contribution >= 0.6 is 0 Å². The second-order valence-corrected chi connectivity index (χ2v) is 10.2. The molecule has 1 aliphatic heterocycles. The zero-order valence-electron chi connectivity index (χ0n) is 16.7. The van der Waals surface area contributed by atoms with E-state index >= 15 is 0 Å². The Kier molecular flexibility index (Phi) is 3.84. The summed E-state index contributed by atoms with van der Waals surface area (Å²) in [7, 11) is 0. The molecular weight excluding hydrogens is 356 g/mol. The van der Waals surface area contributed by atoms with Gasteiger partial charge in [-0.3, -0.25) is 4.79 Å². The lowest BCUT2D eigenvalue weighted by atomic mass is 9.44. The van der Waals surface area contributed by atoms with Crippen LogP contribution in [0.1, 0.15) is 58.8 Å². The van der Waals surface area contributed by atoms with Gasteiger partial charge in [-0.05, 0) is 73.3 Å². The molecule has 0 aromatic heterocycles. The first-order chi connectivity index (χ1) is 13.2. The van der Waals surface area contributed by atoms with Crippen LogP contribution in [0.2, 0.25) is 0 Å². The van der Waals surface area contributed by atoms with Gasteiger partial charge < -0.3 is 14.9 Å². The van der Waals surface area contributed by atoms with E-state index in [9.17, 15) is 19.8 Å². The molecule has 7 atom stereocenters. The van der Waals surface area contributed by atoms with E-state index in [1.807, 2.05) is 13.0 Å². The number of cyclic esters (lactones) is 1. The number of aliphatic hydroxyl groups excluding tert-OH is 1. The summed E-state index contributed by atoms with van der Waals surface area (Å²) < 4.78 is 5.14. The molecule has 1 heterocycles. The van der Waals surface area contributed by atoms with Crippen molar-refractivity contribution in [2.24, 2.45) is 28.6 Å². The summed E-state index contributed by atoms with van der Waals surface area (Å²) in [6.07, 6.45) is 7.91. The lowest BCUT2D eigenvalue weighted by Crippen LogP contribution is -2.66. The van der Waals surface area contributed by atoms with Crippen LogP contribution in [0.3, 0.4) is 0 Å². The number of carbonyl (C=O) groups excluding carboxylic acids is 2. The molecule has 5 heteroatoms. The van der Waals surface area contributed by atoms with Gasteiger partial charge in [-0.1, -0.05) is 19.4 Å². The number of aliphatic hydroxyl groups is 2. The molecule has 0 amide bonds. The molecule has 3 fully saturated rings. The Bertz CT molecular complexity index is 812. The van der Waals surface area contributed by atoms with E-state index < -0.39 is 17.1 Å². The molecule has 5 nitrogen and oxygen atoms in total. The molecule has 5 rings (SSSR count). The summed E-state index contributed by atoms with van der Waals surface area (Å²) in [5.41, 5.74) is 0.403. The maximum atomic E-state index is 12.1. The Balaban J connectivity index is 1.55. The summed E-state index contributed by atoms with van der Waals surface area (Å²) in [5, 5.41) is 23.5. The third-order valence-corrected chi connectivity index (χ3v) is 9.37. The topological polar surface area (TPSA) is 83.8 Å².